The number of fused-ring (bicyclic) bond motifs is 1. The molecule has 3 rings (SSSR count). The van der Waals surface area contributed by atoms with Gasteiger partial charge in [-0.3, -0.25) is 14.5 Å². The van der Waals surface area contributed by atoms with Crippen LogP contribution < -0.4 is 4.90 Å². The van der Waals surface area contributed by atoms with Crippen molar-refractivity contribution < 1.29 is 14.7 Å². The van der Waals surface area contributed by atoms with E-state index < -0.39 is 11.4 Å². The van der Waals surface area contributed by atoms with Crippen molar-refractivity contribution in [2.75, 3.05) is 51.7 Å². The van der Waals surface area contributed by atoms with Crippen LogP contribution in [0.4, 0.5) is 5.69 Å². The molecule has 0 aliphatic carbocycles. The highest BCUT2D eigenvalue weighted by atomic mass is 16.4. The minimum atomic E-state index is -0.869. The predicted molar refractivity (Wildman–Crippen MR) is 96.9 cm³/mol. The van der Waals surface area contributed by atoms with E-state index >= 15 is 0 Å². The number of aliphatic carboxylic acids is 1. The molecular weight excluding hydrogens is 318 g/mol. The Morgan fingerprint density at radius 2 is 2.04 bits per heavy atom. The number of carbonyl (C=O) groups is 2. The molecule has 0 unspecified atom stereocenters. The monoisotopic (exact) mass is 343 g/mol. The van der Waals surface area contributed by atoms with Gasteiger partial charge in [0.2, 0.25) is 0 Å². The van der Waals surface area contributed by atoms with Crippen LogP contribution in [0.3, 0.4) is 0 Å². The number of hydrogen-bond acceptors (Lipinski definition) is 4. The third-order valence-corrected chi connectivity index (χ3v) is 5.40. The fraction of sp³-hybridized carbons (Fsp3) is 0.474. The first-order chi connectivity index (χ1) is 11.9. The standard InChI is InChI=1S/C19H25N3O3/c1-4-9-21-10-14-11-22(13-19(14,12-21)18(24)25)17(23)15-7-5-6-8-16(15)20(2)3/h4-8,14H,1,9-13H2,2-3H3,(H,24,25)/t14-,19-/m1/s1. The quantitative estimate of drug-likeness (QED) is 0.819. The molecular formula is C19H25N3O3. The van der Waals surface area contributed by atoms with E-state index in [2.05, 4.69) is 11.5 Å². The number of nitrogens with zero attached hydrogens (tertiary/aromatic N) is 3. The zero-order valence-electron chi connectivity index (χ0n) is 14.8. The maximum atomic E-state index is 13.1. The van der Waals surface area contributed by atoms with Gasteiger partial charge in [-0.15, -0.1) is 6.58 Å². The minimum Gasteiger partial charge on any atom is -0.481 e. The smallest absolute Gasteiger partial charge is 0.313 e. The van der Waals surface area contributed by atoms with Crippen molar-refractivity contribution in [3.05, 3.63) is 42.5 Å². The molecule has 1 N–H and O–H groups in total. The molecule has 2 heterocycles. The first-order valence-electron chi connectivity index (χ1n) is 8.51. The molecule has 0 bridgehead atoms. The highest BCUT2D eigenvalue weighted by molar-refractivity contribution is 6.00. The molecule has 0 saturated carbocycles. The van der Waals surface area contributed by atoms with Crippen molar-refractivity contribution in [3.63, 3.8) is 0 Å². The van der Waals surface area contributed by atoms with Crippen LogP contribution in [0.15, 0.2) is 36.9 Å². The number of amides is 1. The largest absolute Gasteiger partial charge is 0.481 e. The zero-order valence-corrected chi connectivity index (χ0v) is 14.8. The van der Waals surface area contributed by atoms with E-state index in [9.17, 15) is 14.7 Å². The number of carbonyl (C=O) groups excluding carboxylic acids is 1. The SMILES string of the molecule is C=CCN1C[C@@H]2CN(C(=O)c3ccccc3N(C)C)C[C@]2(C(=O)O)C1. The Balaban J connectivity index is 1.84. The number of likely N-dealkylation sites (tertiary alicyclic amines) is 2. The van der Waals surface area contributed by atoms with E-state index in [-0.39, 0.29) is 18.4 Å². The van der Waals surface area contributed by atoms with Crippen LogP contribution in [0.1, 0.15) is 10.4 Å². The van der Waals surface area contributed by atoms with Gasteiger partial charge in [0.1, 0.15) is 5.41 Å². The number of rotatable bonds is 5. The van der Waals surface area contributed by atoms with Crippen molar-refractivity contribution in [3.8, 4) is 0 Å². The van der Waals surface area contributed by atoms with Crippen molar-refractivity contribution in [2.45, 2.75) is 0 Å². The van der Waals surface area contributed by atoms with Crippen LogP contribution in [-0.4, -0.2) is 73.6 Å². The van der Waals surface area contributed by atoms with E-state index in [1.54, 1.807) is 11.0 Å². The molecule has 134 valence electrons. The van der Waals surface area contributed by atoms with Gasteiger partial charge in [0.25, 0.3) is 5.91 Å². The summed E-state index contributed by atoms with van der Waals surface area (Å²) < 4.78 is 0. The lowest BCUT2D eigenvalue weighted by Crippen LogP contribution is -2.42. The Kier molecular flexibility index (Phi) is 4.56. The summed E-state index contributed by atoms with van der Waals surface area (Å²) in [6, 6.07) is 7.46. The zero-order chi connectivity index (χ0) is 18.2. The lowest BCUT2D eigenvalue weighted by atomic mass is 9.81. The summed E-state index contributed by atoms with van der Waals surface area (Å²) in [7, 11) is 3.80. The number of benzene rings is 1. The molecule has 1 aromatic carbocycles. The number of anilines is 1. The average Bonchev–Trinajstić information content (AvgIpc) is 3.09. The van der Waals surface area contributed by atoms with Gasteiger partial charge in [-0.05, 0) is 12.1 Å². The summed E-state index contributed by atoms with van der Waals surface area (Å²) in [5, 5.41) is 9.87. The predicted octanol–water partition coefficient (Wildman–Crippen LogP) is 1.40. The van der Waals surface area contributed by atoms with Crippen molar-refractivity contribution in [2.24, 2.45) is 11.3 Å². The lowest BCUT2D eigenvalue weighted by molar-refractivity contribution is -0.148. The van der Waals surface area contributed by atoms with Crippen LogP contribution in [0.2, 0.25) is 0 Å². The molecule has 0 aromatic heterocycles. The van der Waals surface area contributed by atoms with E-state index in [4.69, 9.17) is 0 Å². The van der Waals surface area contributed by atoms with Crippen molar-refractivity contribution in [1.82, 2.24) is 9.80 Å². The second-order valence-corrected chi connectivity index (χ2v) is 7.24. The average molecular weight is 343 g/mol. The third kappa shape index (κ3) is 2.91. The third-order valence-electron chi connectivity index (χ3n) is 5.40. The summed E-state index contributed by atoms with van der Waals surface area (Å²) in [5.41, 5.74) is 0.601. The second-order valence-electron chi connectivity index (χ2n) is 7.24. The lowest BCUT2D eigenvalue weighted by Gasteiger charge is -2.26. The van der Waals surface area contributed by atoms with Crippen LogP contribution in [0, 0.1) is 11.3 Å². The van der Waals surface area contributed by atoms with Gasteiger partial charge in [0.15, 0.2) is 0 Å². The van der Waals surface area contributed by atoms with Gasteiger partial charge in [0.05, 0.1) is 5.56 Å². The molecule has 2 fully saturated rings. The second kappa shape index (κ2) is 6.52. The van der Waals surface area contributed by atoms with Gasteiger partial charge in [-0.1, -0.05) is 18.2 Å². The maximum Gasteiger partial charge on any atom is 0.313 e. The Labute approximate surface area is 148 Å². The number of para-hydroxylation sites is 1. The summed E-state index contributed by atoms with van der Waals surface area (Å²) in [4.78, 5) is 30.8. The molecule has 2 saturated heterocycles. The van der Waals surface area contributed by atoms with Gasteiger partial charge in [-0.2, -0.15) is 0 Å². The summed E-state index contributed by atoms with van der Waals surface area (Å²) in [6.07, 6.45) is 1.80. The Morgan fingerprint density at radius 1 is 1.32 bits per heavy atom. The van der Waals surface area contributed by atoms with Crippen LogP contribution in [0.5, 0.6) is 0 Å². The number of carboxylic acid groups (broad SMARTS) is 1. The van der Waals surface area contributed by atoms with Crippen LogP contribution >= 0.6 is 0 Å². The van der Waals surface area contributed by atoms with E-state index in [0.717, 1.165) is 5.69 Å². The Bertz CT molecular complexity index is 703. The normalized spacial score (nSPS) is 25.7. The molecule has 0 radical (unpaired) electrons. The van der Waals surface area contributed by atoms with Gasteiger partial charge < -0.3 is 14.9 Å². The summed E-state index contributed by atoms with van der Waals surface area (Å²) in [5.74, 6) is -0.935. The highest BCUT2D eigenvalue weighted by Gasteiger charge is 2.58. The molecule has 0 spiro atoms. The molecule has 1 aromatic rings. The number of hydrogen-bond donors (Lipinski definition) is 1. The minimum absolute atomic E-state index is 0.0413. The summed E-state index contributed by atoms with van der Waals surface area (Å²) >= 11 is 0. The van der Waals surface area contributed by atoms with Gasteiger partial charge in [0, 0.05) is 58.4 Å². The van der Waals surface area contributed by atoms with Crippen LogP contribution in [-0.2, 0) is 4.79 Å². The highest BCUT2D eigenvalue weighted by Crippen LogP contribution is 2.43. The topological polar surface area (TPSA) is 64.1 Å². The molecule has 6 nitrogen and oxygen atoms in total. The molecule has 2 aliphatic rings. The molecule has 6 heteroatoms. The maximum absolute atomic E-state index is 13.1. The van der Waals surface area contributed by atoms with Crippen LogP contribution in [0.25, 0.3) is 0 Å². The summed E-state index contributed by atoms with van der Waals surface area (Å²) in [6.45, 7) is 6.33. The Hall–Kier alpha value is -2.34. The van der Waals surface area contributed by atoms with Gasteiger partial charge in [-0.25, -0.2) is 0 Å². The van der Waals surface area contributed by atoms with Crippen molar-refractivity contribution >= 4 is 17.6 Å². The van der Waals surface area contributed by atoms with Gasteiger partial charge >= 0.3 is 5.97 Å². The molecule has 2 aliphatic heterocycles. The molecule has 1 amide bonds. The molecule has 2 atom stereocenters. The van der Waals surface area contributed by atoms with E-state index in [0.29, 0.717) is 31.7 Å². The first-order valence-corrected chi connectivity index (χ1v) is 8.51. The van der Waals surface area contributed by atoms with E-state index in [1.165, 1.54) is 0 Å². The molecule has 25 heavy (non-hydrogen) atoms. The van der Waals surface area contributed by atoms with E-state index in [1.807, 2.05) is 43.3 Å². The first kappa shape index (κ1) is 17.5. The fourth-order valence-electron chi connectivity index (χ4n) is 4.16. The fourth-order valence-corrected chi connectivity index (χ4v) is 4.16. The number of carboxylic acids is 1. The van der Waals surface area contributed by atoms with Crippen molar-refractivity contribution in [1.29, 1.82) is 0 Å². The Morgan fingerprint density at radius 3 is 2.64 bits per heavy atom.